The van der Waals surface area contributed by atoms with Crippen LogP contribution in [0.25, 0.3) is 71.1 Å². The number of aryl methyl sites for hydroxylation is 1. The molecule has 2 nitrogen and oxygen atoms in total. The van der Waals surface area contributed by atoms with Crippen LogP contribution in [0.4, 0.5) is 11.4 Å². The van der Waals surface area contributed by atoms with Crippen molar-refractivity contribution in [1.82, 2.24) is 0 Å². The summed E-state index contributed by atoms with van der Waals surface area (Å²) in [5.74, 6) is 0.901. The fourth-order valence-electron chi connectivity index (χ4n) is 8.63. The Labute approximate surface area is 367 Å². The topological polar surface area (TPSA) is 16.4 Å². The van der Waals surface area contributed by atoms with E-state index in [-0.39, 0.29) is 0 Å². The molecule has 7 aromatic carbocycles. The molecule has 2 aromatic heterocycles. The molecule has 1 aliphatic rings. The molecule has 3 heteroatoms. The molecule has 0 spiro atoms. The Bertz CT molecular complexity index is 3240. The molecule has 0 radical (unpaired) electrons. The van der Waals surface area contributed by atoms with E-state index < -0.39 is 0 Å². The van der Waals surface area contributed by atoms with Crippen LogP contribution in [0.15, 0.2) is 217 Å². The summed E-state index contributed by atoms with van der Waals surface area (Å²) < 4.78 is 8.76. The maximum absolute atomic E-state index is 6.14. The molecule has 0 N–H and O–H groups in total. The van der Waals surface area contributed by atoms with E-state index in [0.717, 1.165) is 57.6 Å². The molecule has 9 aromatic rings. The van der Waals surface area contributed by atoms with E-state index in [4.69, 9.17) is 4.42 Å². The zero-order chi connectivity index (χ0) is 41.8. The predicted octanol–water partition coefficient (Wildman–Crippen LogP) is 17.1. The molecule has 0 fully saturated rings. The van der Waals surface area contributed by atoms with Crippen molar-refractivity contribution in [2.24, 2.45) is 0 Å². The molecule has 1 aliphatic carbocycles. The lowest BCUT2D eigenvalue weighted by molar-refractivity contribution is 0.601. The van der Waals surface area contributed by atoms with Gasteiger partial charge in [0.1, 0.15) is 11.3 Å². The number of allylic oxidation sites excluding steroid dienone is 8. The minimum Gasteiger partial charge on any atom is -0.456 e. The molecule has 0 saturated carbocycles. The maximum atomic E-state index is 6.14. The molecular formula is C59H45NOS. The standard InChI is InChI=1S/C59H45NOS/c1-3-15-43(44-16-5-4-6-17-44)38-39-60(49-19-13-18-47(40-49)53-24-14-25-55-54-23-10-12-27-58(54)62-59(53)55)48-35-33-46(34-36-48)52-22-8-7-21-51(52)45-31-28-42(29-32-45)30-37-56-41(2)50-20-9-11-26-57(50)61-56/h3-6,8-20,22-40H,1,7,21H2,2H3/b37-30-,39-38-,43-15+. The number of furan rings is 1. The van der Waals surface area contributed by atoms with Crippen LogP contribution in [-0.4, -0.2) is 0 Å². The molecular weight excluding hydrogens is 771 g/mol. The van der Waals surface area contributed by atoms with Crippen molar-refractivity contribution in [2.75, 3.05) is 4.90 Å². The molecule has 2 heterocycles. The van der Waals surface area contributed by atoms with Crippen molar-refractivity contribution < 1.29 is 4.42 Å². The Balaban J connectivity index is 0.988. The van der Waals surface area contributed by atoms with E-state index >= 15 is 0 Å². The Morgan fingerprint density at radius 2 is 1.40 bits per heavy atom. The summed E-state index contributed by atoms with van der Waals surface area (Å²) in [6.45, 7) is 6.15. The number of hydrogen-bond acceptors (Lipinski definition) is 3. The number of fused-ring (bicyclic) bond motifs is 4. The fraction of sp³-hybridized carbons (Fsp3) is 0.0508. The van der Waals surface area contributed by atoms with Crippen molar-refractivity contribution in [3.63, 3.8) is 0 Å². The van der Waals surface area contributed by atoms with Gasteiger partial charge in [0.2, 0.25) is 0 Å². The monoisotopic (exact) mass is 815 g/mol. The largest absolute Gasteiger partial charge is 0.456 e. The molecule has 0 saturated heterocycles. The Kier molecular flexibility index (Phi) is 10.8. The minimum atomic E-state index is 0.901. The Morgan fingerprint density at radius 3 is 2.23 bits per heavy atom. The summed E-state index contributed by atoms with van der Waals surface area (Å²) in [6.07, 6.45) is 19.1. The summed E-state index contributed by atoms with van der Waals surface area (Å²) >= 11 is 1.87. The predicted molar refractivity (Wildman–Crippen MR) is 269 cm³/mol. The summed E-state index contributed by atoms with van der Waals surface area (Å²) in [7, 11) is 0. The summed E-state index contributed by atoms with van der Waals surface area (Å²) in [5, 5.41) is 3.77. The maximum Gasteiger partial charge on any atom is 0.135 e. The third kappa shape index (κ3) is 7.71. The molecule has 0 amide bonds. The number of rotatable bonds is 11. The second kappa shape index (κ2) is 17.3. The van der Waals surface area contributed by atoms with Gasteiger partial charge in [-0.3, -0.25) is 0 Å². The average molecular weight is 816 g/mol. The van der Waals surface area contributed by atoms with Gasteiger partial charge in [-0.15, -0.1) is 11.3 Å². The smallest absolute Gasteiger partial charge is 0.135 e. The van der Waals surface area contributed by atoms with E-state index in [1.165, 1.54) is 59.1 Å². The number of thiophene rings is 1. The van der Waals surface area contributed by atoms with Crippen LogP contribution in [0.1, 0.15) is 46.4 Å². The van der Waals surface area contributed by atoms with E-state index in [2.05, 4.69) is 219 Å². The first-order valence-corrected chi connectivity index (χ1v) is 22.1. The SMILES string of the molecule is C=C/C=C(\C=C/N(c1ccc(C2=C(c3ccc(/C=C\c4oc5ccccc5c4C)cc3)CCC=C2)cc1)c1cccc(-c2cccc3c2sc2ccccc23)c1)c1ccccc1. The number of hydrogen-bond donors (Lipinski definition) is 0. The van der Waals surface area contributed by atoms with Crippen LogP contribution < -0.4 is 4.90 Å². The molecule has 0 atom stereocenters. The second-order valence-electron chi connectivity index (χ2n) is 15.7. The number of para-hydroxylation sites is 1. The van der Waals surface area contributed by atoms with E-state index in [1.54, 1.807) is 0 Å². The van der Waals surface area contributed by atoms with Gasteiger partial charge in [-0.25, -0.2) is 0 Å². The first-order chi connectivity index (χ1) is 30.6. The Morgan fingerprint density at radius 1 is 0.661 bits per heavy atom. The van der Waals surface area contributed by atoms with Gasteiger partial charge in [-0.1, -0.05) is 170 Å². The lowest BCUT2D eigenvalue weighted by atomic mass is 9.87. The van der Waals surface area contributed by atoms with Gasteiger partial charge in [0, 0.05) is 48.7 Å². The van der Waals surface area contributed by atoms with Gasteiger partial charge in [0.15, 0.2) is 0 Å². The van der Waals surface area contributed by atoms with Gasteiger partial charge in [0.05, 0.1) is 0 Å². The van der Waals surface area contributed by atoms with Crippen molar-refractivity contribution in [2.45, 2.75) is 19.8 Å². The minimum absolute atomic E-state index is 0.901. The Hall–Kier alpha value is -7.46. The molecule has 10 rings (SSSR count). The lowest BCUT2D eigenvalue weighted by Gasteiger charge is -2.23. The first-order valence-electron chi connectivity index (χ1n) is 21.2. The molecule has 0 aliphatic heterocycles. The number of anilines is 2. The highest BCUT2D eigenvalue weighted by molar-refractivity contribution is 7.26. The van der Waals surface area contributed by atoms with Gasteiger partial charge in [0.25, 0.3) is 0 Å². The second-order valence-corrected chi connectivity index (χ2v) is 16.7. The zero-order valence-electron chi connectivity index (χ0n) is 34.7. The quantitative estimate of drug-likeness (QED) is 0.121. The van der Waals surface area contributed by atoms with Crippen molar-refractivity contribution in [1.29, 1.82) is 0 Å². The lowest BCUT2D eigenvalue weighted by Crippen LogP contribution is -2.09. The van der Waals surface area contributed by atoms with Crippen molar-refractivity contribution >= 4 is 82.7 Å². The molecule has 62 heavy (non-hydrogen) atoms. The van der Waals surface area contributed by atoms with Crippen LogP contribution in [-0.2, 0) is 0 Å². The van der Waals surface area contributed by atoms with Crippen molar-refractivity contribution in [3.8, 4) is 11.1 Å². The molecule has 0 bridgehead atoms. The number of nitrogens with zero attached hydrogens (tertiary/aromatic N) is 1. The van der Waals surface area contributed by atoms with E-state index in [0.29, 0.717) is 0 Å². The highest BCUT2D eigenvalue weighted by atomic mass is 32.1. The highest BCUT2D eigenvalue weighted by Crippen LogP contribution is 2.42. The van der Waals surface area contributed by atoms with Crippen LogP contribution >= 0.6 is 11.3 Å². The third-order valence-corrected chi connectivity index (χ3v) is 13.1. The average Bonchev–Trinajstić information content (AvgIpc) is 3.88. The summed E-state index contributed by atoms with van der Waals surface area (Å²) in [4.78, 5) is 2.29. The summed E-state index contributed by atoms with van der Waals surface area (Å²) in [5.41, 5.74) is 15.1. The normalized spacial score (nSPS) is 13.3. The van der Waals surface area contributed by atoms with Crippen molar-refractivity contribution in [3.05, 3.63) is 247 Å². The van der Waals surface area contributed by atoms with Gasteiger partial charge in [-0.05, 0) is 118 Å². The first kappa shape index (κ1) is 38.7. The summed E-state index contributed by atoms with van der Waals surface area (Å²) in [6, 6.07) is 61.0. The van der Waals surface area contributed by atoms with E-state index in [9.17, 15) is 0 Å². The van der Waals surface area contributed by atoms with Gasteiger partial charge < -0.3 is 9.32 Å². The zero-order valence-corrected chi connectivity index (χ0v) is 35.5. The van der Waals surface area contributed by atoms with Crippen LogP contribution in [0.2, 0.25) is 0 Å². The van der Waals surface area contributed by atoms with E-state index in [1.807, 2.05) is 29.5 Å². The third-order valence-electron chi connectivity index (χ3n) is 11.8. The fourth-order valence-corrected chi connectivity index (χ4v) is 9.87. The molecule has 298 valence electrons. The van der Waals surface area contributed by atoms with Crippen LogP contribution in [0.3, 0.4) is 0 Å². The molecule has 0 unspecified atom stereocenters. The highest BCUT2D eigenvalue weighted by Gasteiger charge is 2.16. The van der Waals surface area contributed by atoms with Crippen LogP contribution in [0.5, 0.6) is 0 Å². The van der Waals surface area contributed by atoms with Gasteiger partial charge >= 0.3 is 0 Å². The number of benzene rings is 7. The van der Waals surface area contributed by atoms with Gasteiger partial charge in [-0.2, -0.15) is 0 Å². The van der Waals surface area contributed by atoms with Crippen LogP contribution in [0, 0.1) is 6.92 Å².